The number of aliphatic hydroxyl groups is 4. The molecule has 0 aromatic heterocycles. The number of aromatic hydroxyl groups is 2. The summed E-state index contributed by atoms with van der Waals surface area (Å²) >= 11 is 0. The Morgan fingerprint density at radius 3 is 1.39 bits per heavy atom. The number of benzene rings is 2. The lowest BCUT2D eigenvalue weighted by atomic mass is 9.62. The Balaban J connectivity index is 1.27. The van der Waals surface area contributed by atoms with E-state index < -0.39 is 105 Å². The van der Waals surface area contributed by atoms with Crippen molar-refractivity contribution in [3.8, 4) is 34.1 Å². The molecule has 4 heterocycles. The predicted octanol–water partition coefficient (Wildman–Crippen LogP) is -0.493. The highest BCUT2D eigenvalue weighted by atomic mass is 16.6. The van der Waals surface area contributed by atoms with Gasteiger partial charge in [0, 0.05) is 11.1 Å². The van der Waals surface area contributed by atoms with Gasteiger partial charge in [-0.2, -0.15) is 0 Å². The number of ketones is 2. The molecule has 2 saturated heterocycles. The van der Waals surface area contributed by atoms with Crippen molar-refractivity contribution >= 4 is 23.5 Å². The lowest BCUT2D eigenvalue weighted by Gasteiger charge is -2.50. The van der Waals surface area contributed by atoms with Crippen LogP contribution in [0.3, 0.4) is 0 Å². The number of carbonyl (C=O) groups is 4. The van der Waals surface area contributed by atoms with Crippen LogP contribution in [0, 0.1) is 11.8 Å². The third kappa shape index (κ3) is 2.54. The number of ether oxygens (including phenoxy) is 4. The van der Waals surface area contributed by atoms with E-state index in [1.54, 1.807) is 13.8 Å². The Kier molecular flexibility index (Phi) is 4.89. The minimum atomic E-state index is -2.68. The van der Waals surface area contributed by atoms with Crippen LogP contribution < -0.4 is 9.47 Å². The van der Waals surface area contributed by atoms with Crippen molar-refractivity contribution in [1.82, 2.24) is 0 Å². The molecule has 14 heteroatoms. The van der Waals surface area contributed by atoms with E-state index in [1.165, 1.54) is 24.3 Å². The summed E-state index contributed by atoms with van der Waals surface area (Å²) in [6.45, 7) is 3.21. The Labute approximate surface area is 247 Å². The molecular formula is C30H26O14. The molecule has 6 aliphatic rings. The van der Waals surface area contributed by atoms with Crippen molar-refractivity contribution in [2.75, 3.05) is 0 Å². The van der Waals surface area contributed by atoms with Crippen molar-refractivity contribution in [3.63, 3.8) is 0 Å². The summed E-state index contributed by atoms with van der Waals surface area (Å²) in [5.41, 5.74) is -11.8. The van der Waals surface area contributed by atoms with Crippen LogP contribution in [0.15, 0.2) is 24.3 Å². The topological polar surface area (TPSA) is 227 Å². The quantitative estimate of drug-likeness (QED) is 0.224. The highest BCUT2D eigenvalue weighted by Crippen LogP contribution is 2.60. The standard InChI is InChI=1S/C30H26O14/c1-9-7-15-27(39)23(35)17-13(43-29(27,21(9)33)25(37)41-15)5-3-11(19(17)31)12-4-6-14-18(20(12)32)24(36)28(40)16-8-10(2)22(34)30(28,44-14)26(38)42-16/h3-6,9-10,15-16,21-22,31-34,39-40H,7-8H2,1-2H3/t9-,10-,15-,16-,21-,22-,27-,28-,29+,30+/m0/s1. The summed E-state index contributed by atoms with van der Waals surface area (Å²) in [5.74, 6) is -7.95. The van der Waals surface area contributed by atoms with Crippen LogP contribution in [0.5, 0.6) is 23.0 Å². The van der Waals surface area contributed by atoms with Crippen LogP contribution in [-0.4, -0.2) is 101 Å². The fraction of sp³-hybridized carbons (Fsp3) is 0.467. The molecule has 4 bridgehead atoms. The van der Waals surface area contributed by atoms with E-state index in [2.05, 4.69) is 0 Å². The van der Waals surface area contributed by atoms with E-state index in [1.807, 2.05) is 0 Å². The molecule has 2 aromatic carbocycles. The predicted molar refractivity (Wildman–Crippen MR) is 140 cm³/mol. The molecule has 6 N–H and O–H groups in total. The van der Waals surface area contributed by atoms with Gasteiger partial charge >= 0.3 is 11.9 Å². The largest absolute Gasteiger partial charge is 0.506 e. The molecule has 10 atom stereocenters. The molecule has 4 fully saturated rings. The summed E-state index contributed by atoms with van der Waals surface area (Å²) in [6.07, 6.45) is -6.09. The van der Waals surface area contributed by atoms with Gasteiger partial charge in [-0.3, -0.25) is 9.59 Å². The monoisotopic (exact) mass is 610 g/mol. The molecule has 4 aliphatic heterocycles. The van der Waals surface area contributed by atoms with Crippen LogP contribution in [0.2, 0.25) is 0 Å². The van der Waals surface area contributed by atoms with Crippen LogP contribution >= 0.6 is 0 Å². The Bertz CT molecular complexity index is 1640. The van der Waals surface area contributed by atoms with Gasteiger partial charge in [0.25, 0.3) is 11.2 Å². The lowest BCUT2D eigenvalue weighted by molar-refractivity contribution is -0.192. The Hall–Kier alpha value is -4.24. The highest BCUT2D eigenvalue weighted by molar-refractivity contribution is 6.17. The molecule has 2 aromatic rings. The van der Waals surface area contributed by atoms with Gasteiger partial charge in [0.1, 0.15) is 58.5 Å². The molecule has 8 rings (SSSR count). The third-order valence-electron chi connectivity index (χ3n) is 10.5. The second-order valence-corrected chi connectivity index (χ2v) is 12.6. The second kappa shape index (κ2) is 7.88. The first kappa shape index (κ1) is 27.3. The minimum absolute atomic E-state index is 0.0607. The first-order valence-corrected chi connectivity index (χ1v) is 14.1. The zero-order valence-electron chi connectivity index (χ0n) is 23.1. The summed E-state index contributed by atoms with van der Waals surface area (Å²) < 4.78 is 22.2. The van der Waals surface area contributed by atoms with Crippen molar-refractivity contribution in [1.29, 1.82) is 0 Å². The summed E-state index contributed by atoms with van der Waals surface area (Å²) in [7, 11) is 0. The summed E-state index contributed by atoms with van der Waals surface area (Å²) in [5, 5.41) is 68.0. The number of fused-ring (bicyclic) bond motifs is 2. The molecule has 0 spiro atoms. The van der Waals surface area contributed by atoms with Crippen LogP contribution in [0.1, 0.15) is 47.4 Å². The molecule has 2 saturated carbocycles. The fourth-order valence-corrected chi connectivity index (χ4v) is 8.16. The van der Waals surface area contributed by atoms with Crippen LogP contribution in [-0.2, 0) is 19.1 Å². The van der Waals surface area contributed by atoms with Crippen molar-refractivity contribution in [2.24, 2.45) is 11.8 Å². The maximum Gasteiger partial charge on any atom is 0.357 e. The number of phenols is 2. The van der Waals surface area contributed by atoms with Gasteiger partial charge in [-0.15, -0.1) is 0 Å². The number of esters is 2. The van der Waals surface area contributed by atoms with E-state index in [0.29, 0.717) is 0 Å². The van der Waals surface area contributed by atoms with E-state index in [4.69, 9.17) is 18.9 Å². The zero-order chi connectivity index (χ0) is 31.5. The number of rotatable bonds is 1. The molecule has 44 heavy (non-hydrogen) atoms. The second-order valence-electron chi connectivity index (χ2n) is 12.6. The number of hydrogen-bond donors (Lipinski definition) is 6. The van der Waals surface area contributed by atoms with Crippen molar-refractivity contribution in [2.45, 2.75) is 73.5 Å². The van der Waals surface area contributed by atoms with Gasteiger partial charge in [-0.1, -0.05) is 13.8 Å². The molecule has 2 aliphatic carbocycles. The van der Waals surface area contributed by atoms with E-state index in [-0.39, 0.29) is 35.5 Å². The number of Topliss-reactive ketones (excluding diaryl/α,β-unsaturated/α-hetero) is 2. The molecule has 14 nitrogen and oxygen atoms in total. The smallest absolute Gasteiger partial charge is 0.357 e. The Morgan fingerprint density at radius 1 is 0.659 bits per heavy atom. The van der Waals surface area contributed by atoms with Gasteiger partial charge in [0.2, 0.25) is 22.8 Å². The van der Waals surface area contributed by atoms with Gasteiger partial charge in [-0.25, -0.2) is 9.59 Å². The average Bonchev–Trinajstić information content (AvgIpc) is 3.24. The molecular weight excluding hydrogens is 584 g/mol. The van der Waals surface area contributed by atoms with Gasteiger partial charge in [-0.05, 0) is 48.9 Å². The first-order chi connectivity index (χ1) is 20.7. The number of aliphatic hydroxyl groups excluding tert-OH is 2. The number of phenolic OH excluding ortho intramolecular Hbond substituents is 2. The molecule has 0 radical (unpaired) electrons. The van der Waals surface area contributed by atoms with Crippen molar-refractivity contribution in [3.05, 3.63) is 35.4 Å². The maximum absolute atomic E-state index is 13.9. The first-order valence-electron chi connectivity index (χ1n) is 14.1. The van der Waals surface area contributed by atoms with Gasteiger partial charge in [0.05, 0.1) is 0 Å². The fourth-order valence-electron chi connectivity index (χ4n) is 8.16. The Morgan fingerprint density at radius 2 is 1.02 bits per heavy atom. The lowest BCUT2D eigenvalue weighted by Crippen LogP contribution is -2.76. The van der Waals surface area contributed by atoms with E-state index >= 15 is 0 Å². The van der Waals surface area contributed by atoms with Gasteiger partial charge < -0.3 is 49.6 Å². The van der Waals surface area contributed by atoms with Crippen LogP contribution in [0.4, 0.5) is 0 Å². The van der Waals surface area contributed by atoms with Gasteiger partial charge in [0.15, 0.2) is 0 Å². The zero-order valence-corrected chi connectivity index (χ0v) is 23.1. The molecule has 0 unspecified atom stereocenters. The van der Waals surface area contributed by atoms with E-state index in [9.17, 15) is 49.8 Å². The summed E-state index contributed by atoms with van der Waals surface area (Å²) in [6, 6.07) is 4.81. The number of carbonyl (C=O) groups excluding carboxylic acids is 4. The average molecular weight is 611 g/mol. The minimum Gasteiger partial charge on any atom is -0.506 e. The van der Waals surface area contributed by atoms with Crippen molar-refractivity contribution < 1.29 is 68.8 Å². The third-order valence-corrected chi connectivity index (χ3v) is 10.5. The van der Waals surface area contributed by atoms with Crippen LogP contribution in [0.25, 0.3) is 11.1 Å². The SMILES string of the molecule is C[C@H]1C[C@@H]2OC(=O)[C@]3(Oc4ccc(-c5ccc6c(c5O)C(=O)[C@@]5(O)[C@@H]7C[C@H](C)[C@H](O)[C@@]5(O6)C(=O)O7)c(O)c4C(=O)[C@@]23O)[C@H]1O. The molecule has 0 amide bonds. The number of hydrogen-bond acceptors (Lipinski definition) is 14. The highest BCUT2D eigenvalue weighted by Gasteiger charge is 2.83. The van der Waals surface area contributed by atoms with E-state index in [0.717, 1.165) is 0 Å². The molecule has 230 valence electrons. The summed E-state index contributed by atoms with van der Waals surface area (Å²) in [4.78, 5) is 53.6. The normalized spacial score (nSPS) is 42.7. The maximum atomic E-state index is 13.9.